The van der Waals surface area contributed by atoms with Crippen molar-refractivity contribution < 1.29 is 18.0 Å². The molecular weight excluding hydrogens is 593 g/mol. The quantitative estimate of drug-likeness (QED) is 0.265. The maximum atomic E-state index is 13.9. The fraction of sp³-hybridized carbons (Fsp3) is 0.310. The second-order valence-corrected chi connectivity index (χ2v) is 12.8. The highest BCUT2D eigenvalue weighted by molar-refractivity contribution is 7.92. The molecular formula is C29H32Cl3N3O4S. The predicted molar refractivity (Wildman–Crippen MR) is 162 cm³/mol. The third-order valence-corrected chi connectivity index (χ3v) is 8.93. The van der Waals surface area contributed by atoms with E-state index in [0.717, 1.165) is 15.4 Å². The van der Waals surface area contributed by atoms with Gasteiger partial charge in [0.2, 0.25) is 11.8 Å². The maximum absolute atomic E-state index is 13.9. The van der Waals surface area contributed by atoms with Gasteiger partial charge in [0, 0.05) is 27.7 Å². The topological polar surface area (TPSA) is 86.8 Å². The van der Waals surface area contributed by atoms with Crippen molar-refractivity contribution >= 4 is 62.3 Å². The van der Waals surface area contributed by atoms with Crippen LogP contribution in [0.15, 0.2) is 71.6 Å². The number of rotatable bonds is 11. The summed E-state index contributed by atoms with van der Waals surface area (Å²) in [7, 11) is -4.23. The Hall–Kier alpha value is -2.78. The molecule has 0 radical (unpaired) electrons. The Morgan fingerprint density at radius 1 is 0.875 bits per heavy atom. The van der Waals surface area contributed by atoms with E-state index < -0.39 is 28.5 Å². The van der Waals surface area contributed by atoms with Crippen molar-refractivity contribution in [2.24, 2.45) is 0 Å². The summed E-state index contributed by atoms with van der Waals surface area (Å²) in [6, 6.07) is 16.5. The molecule has 0 unspecified atom stereocenters. The first kappa shape index (κ1) is 31.7. The first-order valence-corrected chi connectivity index (χ1v) is 15.3. The van der Waals surface area contributed by atoms with Crippen LogP contribution in [0, 0.1) is 6.92 Å². The van der Waals surface area contributed by atoms with Gasteiger partial charge >= 0.3 is 0 Å². The molecule has 0 aliphatic heterocycles. The van der Waals surface area contributed by atoms with E-state index in [0.29, 0.717) is 11.4 Å². The van der Waals surface area contributed by atoms with Crippen LogP contribution in [0.2, 0.25) is 15.1 Å². The van der Waals surface area contributed by atoms with Crippen molar-refractivity contribution in [1.82, 2.24) is 10.2 Å². The Labute approximate surface area is 251 Å². The van der Waals surface area contributed by atoms with E-state index in [9.17, 15) is 18.0 Å². The molecule has 0 heterocycles. The largest absolute Gasteiger partial charge is 0.352 e. The molecule has 0 spiro atoms. The first-order valence-electron chi connectivity index (χ1n) is 12.7. The lowest BCUT2D eigenvalue weighted by Gasteiger charge is -2.32. The summed E-state index contributed by atoms with van der Waals surface area (Å²) in [5, 5.41) is 3.84. The third kappa shape index (κ3) is 8.13. The zero-order valence-corrected chi connectivity index (χ0v) is 25.8. The molecule has 0 aliphatic rings. The molecule has 0 fully saturated rings. The number of aryl methyl sites for hydroxylation is 1. The van der Waals surface area contributed by atoms with Crippen LogP contribution in [0.25, 0.3) is 0 Å². The summed E-state index contributed by atoms with van der Waals surface area (Å²) < 4.78 is 28.7. The van der Waals surface area contributed by atoms with Gasteiger partial charge in [-0.3, -0.25) is 13.9 Å². The molecule has 11 heteroatoms. The summed E-state index contributed by atoms with van der Waals surface area (Å²) >= 11 is 18.5. The van der Waals surface area contributed by atoms with Crippen molar-refractivity contribution in [1.29, 1.82) is 0 Å². The Morgan fingerprint density at radius 3 is 2.00 bits per heavy atom. The SMILES string of the molecule is CC[C@H](C)NC(=O)[C@H](C)N(Cc1ccc(Cl)cc1)C(=O)CN(c1cc(Cl)cc(Cl)c1)S(=O)(=O)c1ccc(C)cc1. The van der Waals surface area contributed by atoms with Crippen molar-refractivity contribution in [2.75, 3.05) is 10.8 Å². The fourth-order valence-electron chi connectivity index (χ4n) is 3.88. The lowest BCUT2D eigenvalue weighted by atomic mass is 10.1. The Balaban J connectivity index is 2.05. The lowest BCUT2D eigenvalue weighted by molar-refractivity contribution is -0.139. The number of anilines is 1. The highest BCUT2D eigenvalue weighted by atomic mass is 35.5. The zero-order valence-electron chi connectivity index (χ0n) is 22.7. The van der Waals surface area contributed by atoms with Gasteiger partial charge in [-0.05, 0) is 75.2 Å². The Morgan fingerprint density at radius 2 is 1.45 bits per heavy atom. The Kier molecular flexibility index (Phi) is 10.9. The number of nitrogens with one attached hydrogen (secondary N) is 1. The number of amides is 2. The van der Waals surface area contributed by atoms with E-state index in [-0.39, 0.29) is 39.1 Å². The summed E-state index contributed by atoms with van der Waals surface area (Å²) in [5.41, 5.74) is 1.72. The number of hydrogen-bond acceptors (Lipinski definition) is 4. The fourth-order valence-corrected chi connectivity index (χ4v) is 5.92. The molecule has 0 aromatic heterocycles. The monoisotopic (exact) mass is 623 g/mol. The van der Waals surface area contributed by atoms with E-state index in [1.165, 1.54) is 35.2 Å². The van der Waals surface area contributed by atoms with Gasteiger partial charge in [0.25, 0.3) is 10.0 Å². The highest BCUT2D eigenvalue weighted by Gasteiger charge is 2.33. The van der Waals surface area contributed by atoms with Crippen LogP contribution in [0.1, 0.15) is 38.3 Å². The molecule has 0 bridgehead atoms. The summed E-state index contributed by atoms with van der Waals surface area (Å²) in [4.78, 5) is 28.4. The number of carbonyl (C=O) groups is 2. The van der Waals surface area contributed by atoms with Gasteiger partial charge in [-0.25, -0.2) is 8.42 Å². The molecule has 40 heavy (non-hydrogen) atoms. The molecule has 214 valence electrons. The van der Waals surface area contributed by atoms with E-state index in [1.54, 1.807) is 43.3 Å². The van der Waals surface area contributed by atoms with Gasteiger partial charge < -0.3 is 10.2 Å². The van der Waals surface area contributed by atoms with E-state index in [4.69, 9.17) is 34.8 Å². The summed E-state index contributed by atoms with van der Waals surface area (Å²) in [6.45, 7) is 6.72. The van der Waals surface area contributed by atoms with Crippen LogP contribution in [0.4, 0.5) is 5.69 Å². The van der Waals surface area contributed by atoms with E-state index >= 15 is 0 Å². The molecule has 3 rings (SSSR count). The molecule has 0 saturated carbocycles. The van der Waals surface area contributed by atoms with Crippen molar-refractivity contribution in [3.05, 3.63) is 92.9 Å². The number of sulfonamides is 1. The molecule has 3 aromatic carbocycles. The average Bonchev–Trinajstić information content (AvgIpc) is 2.90. The first-order chi connectivity index (χ1) is 18.8. The van der Waals surface area contributed by atoms with Gasteiger partial charge in [0.1, 0.15) is 12.6 Å². The van der Waals surface area contributed by atoms with Gasteiger partial charge in [-0.15, -0.1) is 0 Å². The molecule has 1 N–H and O–H groups in total. The van der Waals surface area contributed by atoms with E-state index in [1.807, 2.05) is 20.8 Å². The zero-order chi connectivity index (χ0) is 29.6. The molecule has 2 amide bonds. The van der Waals surface area contributed by atoms with Crippen molar-refractivity contribution in [2.45, 2.75) is 57.6 Å². The minimum absolute atomic E-state index is 0.00573. The van der Waals surface area contributed by atoms with Crippen molar-refractivity contribution in [3.63, 3.8) is 0 Å². The van der Waals surface area contributed by atoms with Crippen LogP contribution >= 0.6 is 34.8 Å². The van der Waals surface area contributed by atoms with Crippen LogP contribution in [0.3, 0.4) is 0 Å². The minimum atomic E-state index is -4.23. The molecule has 3 aromatic rings. The highest BCUT2D eigenvalue weighted by Crippen LogP contribution is 2.30. The number of benzene rings is 3. The number of hydrogen-bond donors (Lipinski definition) is 1. The number of carbonyl (C=O) groups excluding carboxylic acids is 2. The second kappa shape index (κ2) is 13.7. The lowest BCUT2D eigenvalue weighted by Crippen LogP contribution is -2.52. The molecule has 0 aliphatic carbocycles. The Bertz CT molecular complexity index is 1430. The normalized spacial score (nSPS) is 12.9. The standard InChI is InChI=1S/C29H32Cl3N3O4S/c1-5-20(3)33-29(37)21(4)34(17-22-8-10-23(30)11-9-22)28(36)18-35(26-15-24(31)14-25(32)16-26)40(38,39)27-12-6-19(2)7-13-27/h6-16,20-21H,5,17-18H2,1-4H3,(H,33,37)/t20-,21-/m0/s1. The smallest absolute Gasteiger partial charge is 0.264 e. The maximum Gasteiger partial charge on any atom is 0.264 e. The summed E-state index contributed by atoms with van der Waals surface area (Å²) in [6.07, 6.45) is 0.710. The van der Waals surface area contributed by atoms with Gasteiger partial charge in [0.15, 0.2) is 0 Å². The van der Waals surface area contributed by atoms with Gasteiger partial charge in [-0.1, -0.05) is 71.6 Å². The third-order valence-electron chi connectivity index (χ3n) is 6.46. The minimum Gasteiger partial charge on any atom is -0.352 e. The second-order valence-electron chi connectivity index (χ2n) is 9.59. The van der Waals surface area contributed by atoms with Crippen LogP contribution < -0.4 is 9.62 Å². The van der Waals surface area contributed by atoms with Crippen molar-refractivity contribution in [3.8, 4) is 0 Å². The summed E-state index contributed by atoms with van der Waals surface area (Å²) in [5.74, 6) is -0.941. The number of halogens is 3. The molecule has 0 saturated heterocycles. The van der Waals surface area contributed by atoms with Crippen LogP contribution in [-0.4, -0.2) is 43.8 Å². The van der Waals surface area contributed by atoms with Crippen LogP contribution in [0.5, 0.6) is 0 Å². The van der Waals surface area contributed by atoms with Gasteiger partial charge in [-0.2, -0.15) is 0 Å². The average molecular weight is 625 g/mol. The predicted octanol–water partition coefficient (Wildman–Crippen LogP) is 6.48. The van der Waals surface area contributed by atoms with Crippen LogP contribution in [-0.2, 0) is 26.2 Å². The van der Waals surface area contributed by atoms with E-state index in [2.05, 4.69) is 5.32 Å². The molecule has 7 nitrogen and oxygen atoms in total. The van der Waals surface area contributed by atoms with Gasteiger partial charge in [0.05, 0.1) is 10.6 Å². The number of nitrogens with zero attached hydrogens (tertiary/aromatic N) is 2. The molecule has 2 atom stereocenters.